The van der Waals surface area contributed by atoms with E-state index in [4.69, 9.17) is 21.6 Å². The number of piperidine rings is 1. The zero-order valence-electron chi connectivity index (χ0n) is 19.0. The highest BCUT2D eigenvalue weighted by atomic mass is 35.5. The molecule has 0 unspecified atom stereocenters. The molecule has 9 heteroatoms. The van der Waals surface area contributed by atoms with Crippen molar-refractivity contribution < 1.29 is 9.53 Å². The molecule has 1 aromatic carbocycles. The van der Waals surface area contributed by atoms with Crippen LogP contribution >= 0.6 is 11.6 Å². The largest absolute Gasteiger partial charge is 0.446 e. The van der Waals surface area contributed by atoms with Gasteiger partial charge in [-0.05, 0) is 44.4 Å². The smallest absolute Gasteiger partial charge is 0.410 e. The number of likely N-dealkylation sites (tertiary alicyclic amines) is 1. The van der Waals surface area contributed by atoms with E-state index in [1.807, 2.05) is 36.9 Å². The number of ether oxygens (including phenoxy) is 1. The summed E-state index contributed by atoms with van der Waals surface area (Å²) < 4.78 is 5.91. The van der Waals surface area contributed by atoms with Gasteiger partial charge in [-0.2, -0.15) is 5.26 Å². The molecule has 2 aliphatic heterocycles. The van der Waals surface area contributed by atoms with Gasteiger partial charge >= 0.3 is 6.09 Å². The van der Waals surface area contributed by atoms with Gasteiger partial charge in [0, 0.05) is 37.7 Å². The second-order valence-corrected chi connectivity index (χ2v) is 9.32. The lowest BCUT2D eigenvalue weighted by molar-refractivity contribution is 0.00996. The molecule has 174 valence electrons. The van der Waals surface area contributed by atoms with Crippen LogP contribution in [-0.4, -0.2) is 70.2 Å². The number of carbonyl (C=O) groups is 1. The fraction of sp³-hybridized carbons (Fsp3) is 0.500. The first-order valence-electron chi connectivity index (χ1n) is 11.4. The Morgan fingerprint density at radius 1 is 1.12 bits per heavy atom. The zero-order chi connectivity index (χ0) is 23.4. The minimum atomic E-state index is -0.244. The molecule has 0 radical (unpaired) electrons. The Hall–Kier alpha value is -2.89. The number of hydrogen-bond donors (Lipinski definition) is 0. The number of benzene rings is 1. The number of hydrogen-bond acceptors (Lipinski definition) is 7. The number of piperazine rings is 1. The molecular formula is C24H29ClN6O2. The van der Waals surface area contributed by atoms with Gasteiger partial charge in [0.25, 0.3) is 0 Å². The summed E-state index contributed by atoms with van der Waals surface area (Å²) in [5, 5.41) is 9.68. The van der Waals surface area contributed by atoms with Crippen LogP contribution in [0.25, 0.3) is 0 Å². The van der Waals surface area contributed by atoms with Gasteiger partial charge in [-0.15, -0.1) is 0 Å². The SMILES string of the molecule is C[C@@H]1CN(c2ncc(C#N)cn2)C[C@H](C)N1C(=O)OC1CCN(Cc2ccc(Cl)cc2)CC1. The van der Waals surface area contributed by atoms with E-state index in [-0.39, 0.29) is 24.3 Å². The summed E-state index contributed by atoms with van der Waals surface area (Å²) in [7, 11) is 0. The minimum absolute atomic E-state index is 0.0366. The Bertz CT molecular complexity index is 974. The zero-order valence-corrected chi connectivity index (χ0v) is 19.8. The van der Waals surface area contributed by atoms with Crippen LogP contribution in [0.3, 0.4) is 0 Å². The summed E-state index contributed by atoms with van der Waals surface area (Å²) in [4.78, 5) is 27.9. The molecule has 0 bridgehead atoms. The number of amides is 1. The molecule has 0 N–H and O–H groups in total. The van der Waals surface area contributed by atoms with Crippen LogP contribution in [-0.2, 0) is 11.3 Å². The third-order valence-corrected chi connectivity index (χ3v) is 6.55. The molecule has 2 fully saturated rings. The molecule has 1 amide bonds. The molecule has 2 aromatic rings. The highest BCUT2D eigenvalue weighted by Crippen LogP contribution is 2.23. The molecule has 3 heterocycles. The summed E-state index contributed by atoms with van der Waals surface area (Å²) in [5.74, 6) is 0.578. The highest BCUT2D eigenvalue weighted by molar-refractivity contribution is 6.30. The van der Waals surface area contributed by atoms with Crippen LogP contribution in [0.15, 0.2) is 36.7 Å². The number of carbonyl (C=O) groups excluding carboxylic acids is 1. The second kappa shape index (κ2) is 10.4. The number of anilines is 1. The lowest BCUT2D eigenvalue weighted by Crippen LogP contribution is -2.59. The van der Waals surface area contributed by atoms with Crippen molar-refractivity contribution in [1.82, 2.24) is 19.8 Å². The maximum absolute atomic E-state index is 13.0. The van der Waals surface area contributed by atoms with E-state index in [0.29, 0.717) is 24.6 Å². The van der Waals surface area contributed by atoms with Crippen molar-refractivity contribution in [2.75, 3.05) is 31.1 Å². The van der Waals surface area contributed by atoms with Gasteiger partial charge in [0.2, 0.25) is 5.95 Å². The van der Waals surface area contributed by atoms with E-state index in [1.165, 1.54) is 18.0 Å². The summed E-state index contributed by atoms with van der Waals surface area (Å²) in [6.45, 7) is 7.94. The maximum atomic E-state index is 13.0. The standard InChI is InChI=1S/C24H29ClN6O2/c1-17-14-30(23-27-12-20(11-26)13-28-23)15-18(2)31(17)24(32)33-22-7-9-29(10-8-22)16-19-3-5-21(25)6-4-19/h3-6,12-13,17-18,22H,7-10,14-16H2,1-2H3/t17-,18+. The van der Waals surface area contributed by atoms with Crippen molar-refractivity contribution in [3.8, 4) is 6.07 Å². The van der Waals surface area contributed by atoms with Gasteiger partial charge in [-0.25, -0.2) is 14.8 Å². The average Bonchev–Trinajstić information content (AvgIpc) is 2.81. The third-order valence-electron chi connectivity index (χ3n) is 6.30. The number of nitriles is 1. The van der Waals surface area contributed by atoms with Crippen molar-refractivity contribution >= 4 is 23.6 Å². The Kier molecular flexibility index (Phi) is 7.31. The van der Waals surface area contributed by atoms with Crippen LogP contribution in [0.5, 0.6) is 0 Å². The quantitative estimate of drug-likeness (QED) is 0.676. The normalized spacial score (nSPS) is 22.1. The molecule has 2 aliphatic rings. The Labute approximate surface area is 199 Å². The van der Waals surface area contributed by atoms with Crippen molar-refractivity contribution in [2.45, 2.75) is 51.4 Å². The molecular weight excluding hydrogens is 440 g/mol. The topological polar surface area (TPSA) is 85.6 Å². The Balaban J connectivity index is 1.27. The molecule has 4 rings (SSSR count). The Morgan fingerprint density at radius 3 is 2.30 bits per heavy atom. The molecule has 33 heavy (non-hydrogen) atoms. The summed E-state index contributed by atoms with van der Waals surface area (Å²) in [5.41, 5.74) is 1.67. The second-order valence-electron chi connectivity index (χ2n) is 8.88. The fourth-order valence-corrected chi connectivity index (χ4v) is 4.75. The lowest BCUT2D eigenvalue weighted by Gasteiger charge is -2.44. The summed E-state index contributed by atoms with van der Waals surface area (Å²) in [6.07, 6.45) is 4.42. The molecule has 8 nitrogen and oxygen atoms in total. The lowest BCUT2D eigenvalue weighted by atomic mass is 10.1. The first-order valence-corrected chi connectivity index (χ1v) is 11.7. The van der Waals surface area contributed by atoms with E-state index in [0.717, 1.165) is 37.5 Å². The first kappa shape index (κ1) is 23.3. The number of rotatable bonds is 4. The molecule has 0 spiro atoms. The van der Waals surface area contributed by atoms with Gasteiger partial charge < -0.3 is 9.64 Å². The van der Waals surface area contributed by atoms with Gasteiger partial charge in [0.15, 0.2) is 0 Å². The van der Waals surface area contributed by atoms with Crippen molar-refractivity contribution in [3.05, 3.63) is 52.8 Å². The average molecular weight is 469 g/mol. The van der Waals surface area contributed by atoms with Crippen molar-refractivity contribution in [3.63, 3.8) is 0 Å². The third kappa shape index (κ3) is 5.73. The number of halogens is 1. The molecule has 0 aliphatic carbocycles. The monoisotopic (exact) mass is 468 g/mol. The summed E-state index contributed by atoms with van der Waals surface area (Å²) >= 11 is 5.97. The number of nitrogens with zero attached hydrogens (tertiary/aromatic N) is 6. The predicted octanol–water partition coefficient (Wildman–Crippen LogP) is 3.70. The van der Waals surface area contributed by atoms with E-state index in [1.54, 1.807) is 0 Å². The molecule has 1 aromatic heterocycles. The predicted molar refractivity (Wildman–Crippen MR) is 126 cm³/mol. The number of aromatic nitrogens is 2. The van der Waals surface area contributed by atoms with Gasteiger partial charge in [0.1, 0.15) is 12.2 Å². The molecule has 0 saturated carbocycles. The minimum Gasteiger partial charge on any atom is -0.446 e. The summed E-state index contributed by atoms with van der Waals surface area (Å²) in [6, 6.07) is 9.90. The van der Waals surface area contributed by atoms with Crippen molar-refractivity contribution in [2.24, 2.45) is 0 Å². The van der Waals surface area contributed by atoms with Gasteiger partial charge in [0.05, 0.1) is 30.0 Å². The van der Waals surface area contributed by atoms with Gasteiger partial charge in [-0.1, -0.05) is 23.7 Å². The first-order chi connectivity index (χ1) is 15.9. The van der Waals surface area contributed by atoms with Gasteiger partial charge in [-0.3, -0.25) is 9.80 Å². The van der Waals surface area contributed by atoms with E-state index >= 15 is 0 Å². The van der Waals surface area contributed by atoms with E-state index in [9.17, 15) is 4.79 Å². The fourth-order valence-electron chi connectivity index (χ4n) is 4.62. The molecule has 2 atom stereocenters. The maximum Gasteiger partial charge on any atom is 0.410 e. The van der Waals surface area contributed by atoms with Crippen molar-refractivity contribution in [1.29, 1.82) is 5.26 Å². The Morgan fingerprint density at radius 2 is 1.73 bits per heavy atom. The highest BCUT2D eigenvalue weighted by Gasteiger charge is 2.36. The van der Waals surface area contributed by atoms with E-state index in [2.05, 4.69) is 31.9 Å². The molecule has 2 saturated heterocycles. The van der Waals surface area contributed by atoms with E-state index < -0.39 is 0 Å². The van der Waals surface area contributed by atoms with Crippen LogP contribution < -0.4 is 4.90 Å². The van der Waals surface area contributed by atoms with Crippen LogP contribution in [0, 0.1) is 11.3 Å². The van der Waals surface area contributed by atoms with Crippen LogP contribution in [0.2, 0.25) is 5.02 Å². The van der Waals surface area contributed by atoms with Crippen LogP contribution in [0.4, 0.5) is 10.7 Å². The van der Waals surface area contributed by atoms with Crippen LogP contribution in [0.1, 0.15) is 37.8 Å².